The number of nitrogens with one attached hydrogen (secondary N) is 1. The topological polar surface area (TPSA) is 134 Å². The van der Waals surface area contributed by atoms with Crippen LogP contribution in [0.5, 0.6) is 11.5 Å². The second kappa shape index (κ2) is 8.78. The number of nitrogens with zero attached hydrogens (tertiary/aromatic N) is 1. The number of amides is 1. The van der Waals surface area contributed by atoms with E-state index in [9.17, 15) is 13.2 Å². The van der Waals surface area contributed by atoms with Gasteiger partial charge in [-0.3, -0.25) is 4.79 Å². The van der Waals surface area contributed by atoms with E-state index in [1.807, 2.05) is 18.2 Å². The van der Waals surface area contributed by atoms with Crippen LogP contribution in [-0.2, 0) is 27.7 Å². The summed E-state index contributed by atoms with van der Waals surface area (Å²) in [5, 5.41) is 11.9. The number of benzene rings is 2. The smallest absolute Gasteiger partial charge is 0.238 e. The highest BCUT2D eigenvalue weighted by atomic mass is 32.2. The van der Waals surface area contributed by atoms with E-state index in [0.29, 0.717) is 49.1 Å². The highest BCUT2D eigenvalue weighted by Gasteiger charge is 2.16. The summed E-state index contributed by atoms with van der Waals surface area (Å²) in [5.74, 6) is 1.68. The number of hydrogen-bond donors (Lipinski definition) is 2. The Kier molecular flexibility index (Phi) is 5.92. The van der Waals surface area contributed by atoms with E-state index in [2.05, 4.69) is 10.5 Å². The molecular weight excluding hydrogens is 422 g/mol. The number of fused-ring (bicyclic) bond motifs is 1. The maximum absolute atomic E-state index is 12.2. The monoisotopic (exact) mass is 443 g/mol. The number of carbonyl (C=O) groups is 1. The molecule has 31 heavy (non-hydrogen) atoms. The van der Waals surface area contributed by atoms with Crippen LogP contribution in [0.1, 0.15) is 11.3 Å². The molecule has 162 valence electrons. The van der Waals surface area contributed by atoms with Gasteiger partial charge in [0.2, 0.25) is 15.9 Å². The summed E-state index contributed by atoms with van der Waals surface area (Å²) in [7, 11) is -3.71. The van der Waals surface area contributed by atoms with Crippen molar-refractivity contribution in [3.63, 3.8) is 0 Å². The third-order valence-corrected chi connectivity index (χ3v) is 5.64. The number of aromatic nitrogens is 1. The predicted molar refractivity (Wildman–Crippen MR) is 111 cm³/mol. The molecule has 1 amide bonds. The summed E-state index contributed by atoms with van der Waals surface area (Å²) < 4.78 is 39.0. The number of ether oxygens (including phenoxy) is 2. The predicted octanol–water partition coefficient (Wildman–Crippen LogP) is 1.66. The Hall–Kier alpha value is -3.37. The van der Waals surface area contributed by atoms with E-state index in [1.54, 1.807) is 18.2 Å². The molecule has 3 N–H and O–H groups in total. The first-order valence-corrected chi connectivity index (χ1v) is 11.2. The maximum Gasteiger partial charge on any atom is 0.238 e. The molecule has 0 saturated carbocycles. The van der Waals surface area contributed by atoms with Crippen molar-refractivity contribution in [3.05, 3.63) is 59.8 Å². The van der Waals surface area contributed by atoms with Crippen molar-refractivity contribution in [3.8, 4) is 22.8 Å². The molecule has 3 aromatic rings. The van der Waals surface area contributed by atoms with Crippen molar-refractivity contribution in [2.24, 2.45) is 5.14 Å². The van der Waals surface area contributed by atoms with Crippen molar-refractivity contribution in [1.82, 2.24) is 10.5 Å². The molecule has 0 saturated heterocycles. The van der Waals surface area contributed by atoms with Gasteiger partial charge in [0, 0.05) is 18.2 Å². The SMILES string of the molecule is NS(=O)(=O)c1ccc(CCNC(=O)Cc2cc(-c3ccc4c(c3)OCCO4)on2)cc1. The van der Waals surface area contributed by atoms with Gasteiger partial charge in [0.05, 0.1) is 17.0 Å². The number of sulfonamides is 1. The number of carbonyl (C=O) groups excluding carboxylic acids is 1. The minimum atomic E-state index is -3.71. The van der Waals surface area contributed by atoms with Crippen LogP contribution >= 0.6 is 0 Å². The first-order valence-electron chi connectivity index (χ1n) is 9.62. The lowest BCUT2D eigenvalue weighted by Crippen LogP contribution is -2.27. The van der Waals surface area contributed by atoms with Crippen LogP contribution in [0.15, 0.2) is 57.9 Å². The Morgan fingerprint density at radius 1 is 1.03 bits per heavy atom. The van der Waals surface area contributed by atoms with Crippen molar-refractivity contribution in [2.75, 3.05) is 19.8 Å². The Labute approximate surface area is 179 Å². The lowest BCUT2D eigenvalue weighted by atomic mass is 10.1. The van der Waals surface area contributed by atoms with Crippen molar-refractivity contribution in [2.45, 2.75) is 17.7 Å². The van der Waals surface area contributed by atoms with Gasteiger partial charge in [-0.15, -0.1) is 0 Å². The Morgan fingerprint density at radius 3 is 2.52 bits per heavy atom. The molecule has 1 aliphatic rings. The van der Waals surface area contributed by atoms with Crippen LogP contribution < -0.4 is 19.9 Å². The summed E-state index contributed by atoms with van der Waals surface area (Å²) in [6, 6.07) is 13.4. The largest absolute Gasteiger partial charge is 0.486 e. The average molecular weight is 443 g/mol. The number of hydrogen-bond acceptors (Lipinski definition) is 7. The van der Waals surface area contributed by atoms with Gasteiger partial charge in [-0.1, -0.05) is 17.3 Å². The van der Waals surface area contributed by atoms with Gasteiger partial charge in [-0.2, -0.15) is 0 Å². The number of nitrogens with two attached hydrogens (primary N) is 1. The third kappa shape index (κ3) is 5.22. The van der Waals surface area contributed by atoms with Crippen LogP contribution in [0.3, 0.4) is 0 Å². The molecule has 2 heterocycles. The molecule has 1 aromatic heterocycles. The van der Waals surface area contributed by atoms with Gasteiger partial charge < -0.3 is 19.3 Å². The van der Waals surface area contributed by atoms with E-state index in [-0.39, 0.29) is 17.2 Å². The average Bonchev–Trinajstić information content (AvgIpc) is 3.21. The lowest BCUT2D eigenvalue weighted by molar-refractivity contribution is -0.120. The van der Waals surface area contributed by atoms with Crippen LogP contribution in [0, 0.1) is 0 Å². The molecular formula is C21H21N3O6S. The molecule has 4 rings (SSSR count). The molecule has 0 aliphatic carbocycles. The standard InChI is InChI=1S/C21H21N3O6S/c22-31(26,27)17-4-1-14(2-5-17)7-8-23-21(25)13-16-12-19(30-24-16)15-3-6-18-20(11-15)29-10-9-28-18/h1-6,11-12H,7-10,13H2,(H,23,25)(H2,22,26,27). The van der Waals surface area contributed by atoms with E-state index in [4.69, 9.17) is 19.1 Å². The van der Waals surface area contributed by atoms with Gasteiger partial charge in [-0.25, -0.2) is 13.6 Å². The highest BCUT2D eigenvalue weighted by molar-refractivity contribution is 7.89. The normalized spacial score (nSPS) is 13.1. The van der Waals surface area contributed by atoms with Gasteiger partial charge in [-0.05, 0) is 42.3 Å². The fourth-order valence-corrected chi connectivity index (χ4v) is 3.66. The molecule has 0 fully saturated rings. The van der Waals surface area contributed by atoms with Crippen molar-refractivity contribution < 1.29 is 27.2 Å². The zero-order chi connectivity index (χ0) is 21.8. The number of primary sulfonamides is 1. The molecule has 1 aliphatic heterocycles. The van der Waals surface area contributed by atoms with Crippen LogP contribution in [-0.4, -0.2) is 39.2 Å². The summed E-state index contributed by atoms with van der Waals surface area (Å²) in [5.41, 5.74) is 2.18. The highest BCUT2D eigenvalue weighted by Crippen LogP contribution is 2.34. The minimum absolute atomic E-state index is 0.0557. The Morgan fingerprint density at radius 2 is 1.77 bits per heavy atom. The molecule has 0 atom stereocenters. The molecule has 0 bridgehead atoms. The molecule has 9 nitrogen and oxygen atoms in total. The summed E-state index contributed by atoms with van der Waals surface area (Å²) >= 11 is 0. The molecule has 0 unspecified atom stereocenters. The van der Waals surface area contributed by atoms with E-state index in [1.165, 1.54) is 12.1 Å². The summed E-state index contributed by atoms with van der Waals surface area (Å²) in [6.07, 6.45) is 0.635. The zero-order valence-corrected chi connectivity index (χ0v) is 17.4. The lowest BCUT2D eigenvalue weighted by Gasteiger charge is -2.18. The first kappa shape index (κ1) is 20.9. The Bertz CT molecular complexity index is 1190. The zero-order valence-electron chi connectivity index (χ0n) is 16.5. The molecule has 2 aromatic carbocycles. The maximum atomic E-state index is 12.2. The van der Waals surface area contributed by atoms with Crippen molar-refractivity contribution in [1.29, 1.82) is 0 Å². The van der Waals surface area contributed by atoms with E-state index < -0.39 is 10.0 Å². The Balaban J connectivity index is 1.29. The van der Waals surface area contributed by atoms with E-state index >= 15 is 0 Å². The van der Waals surface area contributed by atoms with Gasteiger partial charge in [0.15, 0.2) is 17.3 Å². The van der Waals surface area contributed by atoms with Gasteiger partial charge in [0.25, 0.3) is 0 Å². The quantitative estimate of drug-likeness (QED) is 0.567. The fraction of sp³-hybridized carbons (Fsp3) is 0.238. The second-order valence-electron chi connectivity index (χ2n) is 7.01. The van der Waals surface area contributed by atoms with Crippen LogP contribution in [0.25, 0.3) is 11.3 Å². The van der Waals surface area contributed by atoms with Crippen molar-refractivity contribution >= 4 is 15.9 Å². The van der Waals surface area contributed by atoms with Gasteiger partial charge in [0.1, 0.15) is 13.2 Å². The van der Waals surface area contributed by atoms with E-state index in [0.717, 1.165) is 11.1 Å². The van der Waals surface area contributed by atoms with Crippen LogP contribution in [0.2, 0.25) is 0 Å². The van der Waals surface area contributed by atoms with Crippen LogP contribution in [0.4, 0.5) is 0 Å². The first-order chi connectivity index (χ1) is 14.9. The fourth-order valence-electron chi connectivity index (χ4n) is 3.15. The summed E-state index contributed by atoms with van der Waals surface area (Å²) in [6.45, 7) is 1.42. The third-order valence-electron chi connectivity index (χ3n) is 4.72. The molecule has 0 radical (unpaired) electrons. The van der Waals surface area contributed by atoms with Gasteiger partial charge >= 0.3 is 0 Å². The number of rotatable bonds is 7. The second-order valence-corrected chi connectivity index (χ2v) is 8.57. The summed E-state index contributed by atoms with van der Waals surface area (Å²) in [4.78, 5) is 12.3. The minimum Gasteiger partial charge on any atom is -0.486 e. The molecule has 0 spiro atoms. The molecule has 10 heteroatoms.